The minimum atomic E-state index is -0.826. The molecule has 0 amide bonds. The van der Waals surface area contributed by atoms with Crippen molar-refractivity contribution in [2.45, 2.75) is 11.8 Å². The summed E-state index contributed by atoms with van der Waals surface area (Å²) in [7, 11) is 9.87. The first-order chi connectivity index (χ1) is 25.3. The molecule has 2 aliphatic carbocycles. The summed E-state index contributed by atoms with van der Waals surface area (Å²) in [5, 5.41) is 8.05. The average molecular weight is 935 g/mol. The Morgan fingerprint density at radius 1 is 0.389 bits per heavy atom. The summed E-state index contributed by atoms with van der Waals surface area (Å²) in [6.07, 6.45) is 0. The Morgan fingerprint density at radius 2 is 0.704 bits per heavy atom. The number of halogens is 4. The molecule has 6 heteroatoms. The van der Waals surface area contributed by atoms with Crippen LogP contribution in [0.3, 0.4) is 0 Å². The SMILES string of the molecule is [Cl-].[Cl-].[Cl][Zr][Cl].[Zr+3].c1ccc2[cH-]ccc2c1.c1ccc2c(c1)-c1ccccc1C2C1c2ccccc2-c2ccccc21.c1ccc2c(c1)[cH-]c1ccccc12. The van der Waals surface area contributed by atoms with Gasteiger partial charge in [0.1, 0.15) is 0 Å². The normalized spacial score (nSPS) is 11.7. The van der Waals surface area contributed by atoms with E-state index in [1.807, 2.05) is 0 Å². The molecule has 0 aliphatic heterocycles. The Morgan fingerprint density at radius 3 is 1.09 bits per heavy atom. The molecule has 9 aromatic rings. The third-order valence-corrected chi connectivity index (χ3v) is 10.2. The summed E-state index contributed by atoms with van der Waals surface area (Å²) in [5.74, 6) is 0.763. The zero-order chi connectivity index (χ0) is 34.6. The van der Waals surface area contributed by atoms with E-state index in [2.05, 4.69) is 194 Å². The fraction of sp³-hybridized carbons (Fsp3) is 0.0417. The molecule has 0 saturated carbocycles. The quantitative estimate of drug-likeness (QED) is 0.146. The molecular formula is C48H34Cl4Zr2-. The predicted molar refractivity (Wildman–Crippen MR) is 216 cm³/mol. The van der Waals surface area contributed by atoms with Gasteiger partial charge in [0.2, 0.25) is 0 Å². The van der Waals surface area contributed by atoms with E-state index in [9.17, 15) is 0 Å². The molecule has 0 N–H and O–H groups in total. The molecule has 0 heterocycles. The Labute approximate surface area is 367 Å². The molecule has 54 heavy (non-hydrogen) atoms. The van der Waals surface area contributed by atoms with Crippen LogP contribution >= 0.6 is 17.0 Å². The number of rotatable bonds is 1. The van der Waals surface area contributed by atoms with Crippen LogP contribution in [0.4, 0.5) is 0 Å². The van der Waals surface area contributed by atoms with Gasteiger partial charge in [-0.25, -0.2) is 0 Å². The molecule has 1 radical (unpaired) electrons. The predicted octanol–water partition coefficient (Wildman–Crippen LogP) is 8.26. The number of benzene rings is 7. The van der Waals surface area contributed by atoms with Crippen LogP contribution in [-0.2, 0) is 47.1 Å². The van der Waals surface area contributed by atoms with Crippen molar-refractivity contribution in [3.63, 3.8) is 0 Å². The van der Waals surface area contributed by atoms with E-state index in [4.69, 9.17) is 17.0 Å². The van der Waals surface area contributed by atoms with Gasteiger partial charge in [0, 0.05) is 11.8 Å². The van der Waals surface area contributed by atoms with E-state index in [1.54, 1.807) is 0 Å². The summed E-state index contributed by atoms with van der Waals surface area (Å²) in [6, 6.07) is 69.7. The summed E-state index contributed by atoms with van der Waals surface area (Å²) >= 11 is -0.826. The maximum atomic E-state index is 4.93. The molecule has 0 spiro atoms. The van der Waals surface area contributed by atoms with Gasteiger partial charge in [0.25, 0.3) is 0 Å². The van der Waals surface area contributed by atoms with Crippen LogP contribution in [0.1, 0.15) is 34.1 Å². The van der Waals surface area contributed by atoms with E-state index in [0.29, 0.717) is 11.8 Å². The Kier molecular flexibility index (Phi) is 15.4. The number of hydrogen-bond acceptors (Lipinski definition) is 0. The second-order valence-corrected chi connectivity index (χ2v) is 16.6. The van der Waals surface area contributed by atoms with Crippen molar-refractivity contribution in [3.8, 4) is 22.3 Å². The summed E-state index contributed by atoms with van der Waals surface area (Å²) in [5.41, 5.74) is 11.4. The van der Waals surface area contributed by atoms with Gasteiger partial charge in [-0.05, 0) is 44.5 Å². The van der Waals surface area contributed by atoms with Gasteiger partial charge >= 0.3 is 64.1 Å². The molecule has 0 bridgehead atoms. The fourth-order valence-corrected chi connectivity index (χ4v) is 8.08. The Hall–Kier alpha value is -3.05. The zero-order valence-electron chi connectivity index (χ0n) is 29.1. The van der Waals surface area contributed by atoms with E-state index >= 15 is 0 Å². The molecule has 0 atom stereocenters. The minimum Gasteiger partial charge on any atom is -0.168 e. The van der Waals surface area contributed by atoms with Crippen molar-refractivity contribution < 1.29 is 71.9 Å². The summed E-state index contributed by atoms with van der Waals surface area (Å²) in [6.45, 7) is 0. The van der Waals surface area contributed by atoms with Crippen LogP contribution in [-0.4, -0.2) is 0 Å². The monoisotopic (exact) mass is 930 g/mol. The standard InChI is InChI=1S/C26H18.C13H9.C9H7.4ClH.2Zr/c1-5-13-21-17(9-1)18-10-2-6-14-22(18)25(21)26-23-15-7-3-11-19(23)20-12-4-8-16-24(20)26;1-3-7-12-10(5-1)9-11-6-2-4-8-13(11)12;1-2-5-9-7-3-6-8(9)4-1;;;;;;/h1-16,25-26H;1-9H;1-7H;4*1H;;/q;2*-1;;;;;+2;+3/p-4. The van der Waals surface area contributed by atoms with Gasteiger partial charge in [-0.15, -0.1) is 69.4 Å². The van der Waals surface area contributed by atoms with E-state index in [1.165, 1.54) is 76.8 Å². The topological polar surface area (TPSA) is 0 Å². The molecule has 9 aromatic carbocycles. The van der Waals surface area contributed by atoms with Crippen LogP contribution in [0.2, 0.25) is 0 Å². The molecular weight excluding hydrogens is 901 g/mol. The van der Waals surface area contributed by atoms with Crippen molar-refractivity contribution in [2.75, 3.05) is 0 Å². The number of fused-ring (bicyclic) bond motifs is 10. The molecule has 263 valence electrons. The van der Waals surface area contributed by atoms with Crippen molar-refractivity contribution >= 4 is 49.3 Å². The maximum Gasteiger partial charge on any atom is 3.00 e. The molecule has 0 unspecified atom stereocenters. The zero-order valence-corrected chi connectivity index (χ0v) is 37.1. The third kappa shape index (κ3) is 8.37. The van der Waals surface area contributed by atoms with E-state index in [0.717, 1.165) is 0 Å². The van der Waals surface area contributed by atoms with E-state index in [-0.39, 0.29) is 51.0 Å². The van der Waals surface area contributed by atoms with Gasteiger partial charge in [-0.3, -0.25) is 0 Å². The van der Waals surface area contributed by atoms with Crippen LogP contribution < -0.4 is 24.8 Å². The number of hydrogen-bond donors (Lipinski definition) is 0. The van der Waals surface area contributed by atoms with Crippen LogP contribution in [0.15, 0.2) is 194 Å². The van der Waals surface area contributed by atoms with Crippen molar-refractivity contribution in [1.29, 1.82) is 0 Å². The fourth-order valence-electron chi connectivity index (χ4n) is 8.08. The second-order valence-electron chi connectivity index (χ2n) is 12.8. The smallest absolute Gasteiger partial charge is 0.168 e. The first kappa shape index (κ1) is 42.1. The van der Waals surface area contributed by atoms with Gasteiger partial charge in [-0.2, -0.15) is 17.5 Å². The van der Waals surface area contributed by atoms with Gasteiger partial charge in [0.05, 0.1) is 0 Å². The van der Waals surface area contributed by atoms with Gasteiger partial charge in [0.15, 0.2) is 0 Å². The minimum absolute atomic E-state index is 0. The van der Waals surface area contributed by atoms with Crippen molar-refractivity contribution in [1.82, 2.24) is 0 Å². The van der Waals surface area contributed by atoms with Crippen LogP contribution in [0.25, 0.3) is 54.6 Å². The summed E-state index contributed by atoms with van der Waals surface area (Å²) < 4.78 is 0. The Balaban J connectivity index is 0.000000168. The van der Waals surface area contributed by atoms with Gasteiger partial charge in [-0.1, -0.05) is 140 Å². The third-order valence-electron chi connectivity index (χ3n) is 10.2. The molecule has 0 fully saturated rings. The molecule has 0 saturated heterocycles. The maximum absolute atomic E-state index is 4.93. The first-order valence-corrected chi connectivity index (χ1v) is 23.6. The van der Waals surface area contributed by atoms with Crippen molar-refractivity contribution in [2.24, 2.45) is 0 Å². The average Bonchev–Trinajstić information content (AvgIpc) is 3.97. The Bertz CT molecular complexity index is 2320. The second kappa shape index (κ2) is 19.7. The van der Waals surface area contributed by atoms with Crippen LogP contribution in [0, 0.1) is 0 Å². The van der Waals surface area contributed by atoms with E-state index < -0.39 is 20.8 Å². The largest absolute Gasteiger partial charge is 3.00 e. The molecule has 11 rings (SSSR count). The molecule has 0 aromatic heterocycles. The first-order valence-electron chi connectivity index (χ1n) is 17.2. The summed E-state index contributed by atoms with van der Waals surface area (Å²) in [4.78, 5) is 0. The van der Waals surface area contributed by atoms with Crippen LogP contribution in [0.5, 0.6) is 0 Å². The van der Waals surface area contributed by atoms with Crippen molar-refractivity contribution in [3.05, 3.63) is 216 Å². The molecule has 2 aliphatic rings. The van der Waals surface area contributed by atoms with Gasteiger partial charge < -0.3 is 24.8 Å². The molecule has 0 nitrogen and oxygen atoms in total.